The molecule has 1 atom stereocenters. The molecule has 0 aliphatic heterocycles. The van der Waals surface area contributed by atoms with Gasteiger partial charge in [0.05, 0.1) is 18.9 Å². The number of aryl methyl sites for hydroxylation is 1. The fourth-order valence-electron chi connectivity index (χ4n) is 1.48. The van der Waals surface area contributed by atoms with Crippen LogP contribution < -0.4 is 9.46 Å². The van der Waals surface area contributed by atoms with Gasteiger partial charge >= 0.3 is 0 Å². The second-order valence-electron chi connectivity index (χ2n) is 3.85. The first-order chi connectivity index (χ1) is 8.44. The number of nitrogens with one attached hydrogen (secondary N) is 1. The Bertz CT molecular complexity index is 561. The molecule has 0 aliphatic rings. The van der Waals surface area contributed by atoms with Crippen LogP contribution in [0.1, 0.15) is 18.9 Å². The molecule has 0 aliphatic carbocycles. The van der Waals surface area contributed by atoms with Crippen molar-refractivity contribution in [1.82, 2.24) is 0 Å². The third-order valence-corrected chi connectivity index (χ3v) is 4.27. The van der Waals surface area contributed by atoms with Gasteiger partial charge in [-0.1, -0.05) is 6.92 Å². The molecule has 1 N–H and O–H groups in total. The Kier molecular flexibility index (Phi) is 4.56. The van der Waals surface area contributed by atoms with Crippen LogP contribution in [-0.4, -0.2) is 20.8 Å². The Morgan fingerprint density at radius 2 is 2.17 bits per heavy atom. The van der Waals surface area contributed by atoms with Crippen molar-refractivity contribution in [3.05, 3.63) is 23.8 Å². The van der Waals surface area contributed by atoms with E-state index in [4.69, 9.17) is 10.00 Å². The lowest BCUT2D eigenvalue weighted by molar-refractivity contribution is 0.414. The van der Waals surface area contributed by atoms with Crippen LogP contribution in [0, 0.1) is 18.3 Å². The molecule has 1 aromatic carbocycles. The number of hydrogen-bond acceptors (Lipinski definition) is 4. The molecule has 18 heavy (non-hydrogen) atoms. The van der Waals surface area contributed by atoms with Crippen molar-refractivity contribution in [2.24, 2.45) is 0 Å². The summed E-state index contributed by atoms with van der Waals surface area (Å²) in [5.74, 6) is 0.655. The highest BCUT2D eigenvalue weighted by atomic mass is 32.2. The van der Waals surface area contributed by atoms with Crippen molar-refractivity contribution in [1.29, 1.82) is 5.26 Å². The van der Waals surface area contributed by atoms with Crippen LogP contribution in [0.15, 0.2) is 18.2 Å². The van der Waals surface area contributed by atoms with Gasteiger partial charge in [0.25, 0.3) is 0 Å². The number of methoxy groups -OCH3 is 1. The minimum absolute atomic E-state index is 0.251. The molecule has 6 heteroatoms. The summed E-state index contributed by atoms with van der Waals surface area (Å²) >= 11 is 0. The first kappa shape index (κ1) is 14.3. The van der Waals surface area contributed by atoms with E-state index in [1.807, 2.05) is 0 Å². The molecule has 0 radical (unpaired) electrons. The first-order valence-corrected chi connectivity index (χ1v) is 7.05. The highest BCUT2D eigenvalue weighted by Gasteiger charge is 2.23. The van der Waals surface area contributed by atoms with E-state index in [9.17, 15) is 8.42 Å². The quantitative estimate of drug-likeness (QED) is 0.886. The summed E-state index contributed by atoms with van der Waals surface area (Å²) in [5, 5.41) is 7.76. The third kappa shape index (κ3) is 3.14. The van der Waals surface area contributed by atoms with Gasteiger partial charge in [-0.15, -0.1) is 0 Å². The molecule has 1 unspecified atom stereocenters. The number of anilines is 1. The Hall–Kier alpha value is -1.74. The average molecular weight is 268 g/mol. The predicted octanol–water partition coefficient (Wildman–Crippen LogP) is 2.05. The second-order valence-corrected chi connectivity index (χ2v) is 5.72. The molecule has 0 spiro atoms. The van der Waals surface area contributed by atoms with E-state index in [-0.39, 0.29) is 6.42 Å². The molecule has 0 amide bonds. The summed E-state index contributed by atoms with van der Waals surface area (Å²) < 4.78 is 31.3. The van der Waals surface area contributed by atoms with Crippen LogP contribution in [0.3, 0.4) is 0 Å². The van der Waals surface area contributed by atoms with Crippen LogP contribution in [-0.2, 0) is 10.0 Å². The summed E-state index contributed by atoms with van der Waals surface area (Å²) in [6.45, 7) is 3.43. The molecular weight excluding hydrogens is 252 g/mol. The number of nitrogens with zero attached hydrogens (tertiary/aromatic N) is 1. The number of hydrogen-bond donors (Lipinski definition) is 1. The number of nitriles is 1. The van der Waals surface area contributed by atoms with Crippen LogP contribution in [0.5, 0.6) is 5.75 Å². The zero-order valence-electron chi connectivity index (χ0n) is 10.6. The lowest BCUT2D eigenvalue weighted by Gasteiger charge is -2.13. The molecule has 0 saturated carbocycles. The number of rotatable bonds is 5. The zero-order chi connectivity index (χ0) is 13.8. The smallest absolute Gasteiger partial charge is 0.249 e. The number of benzene rings is 1. The molecule has 1 rings (SSSR count). The standard InChI is InChI=1S/C12H16N2O3S/c1-4-11(8-13)18(15,16)14-12-6-5-10(17-3)7-9(12)2/h5-7,11,14H,4H2,1-3H3. The van der Waals surface area contributed by atoms with Gasteiger partial charge in [-0.2, -0.15) is 5.26 Å². The topological polar surface area (TPSA) is 79.2 Å². The van der Waals surface area contributed by atoms with E-state index in [0.29, 0.717) is 11.4 Å². The average Bonchev–Trinajstić information content (AvgIpc) is 2.32. The highest BCUT2D eigenvalue weighted by molar-refractivity contribution is 7.93. The highest BCUT2D eigenvalue weighted by Crippen LogP contribution is 2.23. The van der Waals surface area contributed by atoms with Crippen molar-refractivity contribution < 1.29 is 13.2 Å². The normalized spacial score (nSPS) is 12.6. The summed E-state index contributed by atoms with van der Waals surface area (Å²) in [5.41, 5.74) is 1.20. The molecule has 98 valence electrons. The number of ether oxygens (including phenoxy) is 1. The molecule has 0 fully saturated rings. The van der Waals surface area contributed by atoms with Gasteiger partial charge in [-0.25, -0.2) is 8.42 Å². The summed E-state index contributed by atoms with van der Waals surface area (Å²) in [6.07, 6.45) is 0.251. The van der Waals surface area contributed by atoms with E-state index < -0.39 is 15.3 Å². The van der Waals surface area contributed by atoms with Gasteiger partial charge < -0.3 is 4.74 Å². The van der Waals surface area contributed by atoms with E-state index in [0.717, 1.165) is 5.56 Å². The lowest BCUT2D eigenvalue weighted by Crippen LogP contribution is -2.26. The third-order valence-electron chi connectivity index (χ3n) is 2.58. The van der Waals surface area contributed by atoms with E-state index in [1.165, 1.54) is 0 Å². The summed E-state index contributed by atoms with van der Waals surface area (Å²) in [6, 6.07) is 6.79. The van der Waals surface area contributed by atoms with Gasteiger partial charge in [-0.05, 0) is 37.1 Å². The lowest BCUT2D eigenvalue weighted by atomic mass is 10.2. The monoisotopic (exact) mass is 268 g/mol. The summed E-state index contributed by atoms with van der Waals surface area (Å²) in [7, 11) is -2.13. The van der Waals surface area contributed by atoms with Crippen molar-refractivity contribution in [2.75, 3.05) is 11.8 Å². The fraction of sp³-hybridized carbons (Fsp3) is 0.417. The van der Waals surface area contributed by atoms with Crippen molar-refractivity contribution in [3.63, 3.8) is 0 Å². The van der Waals surface area contributed by atoms with E-state index in [2.05, 4.69) is 4.72 Å². The molecular formula is C12H16N2O3S. The molecule has 0 aromatic heterocycles. The van der Waals surface area contributed by atoms with Crippen molar-refractivity contribution in [2.45, 2.75) is 25.5 Å². The maximum absolute atomic E-state index is 11.9. The molecule has 0 saturated heterocycles. The Morgan fingerprint density at radius 3 is 2.61 bits per heavy atom. The zero-order valence-corrected chi connectivity index (χ0v) is 11.4. The van der Waals surface area contributed by atoms with Gasteiger partial charge in [0.2, 0.25) is 10.0 Å². The van der Waals surface area contributed by atoms with Gasteiger partial charge in [0.15, 0.2) is 5.25 Å². The van der Waals surface area contributed by atoms with E-state index >= 15 is 0 Å². The Balaban J connectivity index is 3.02. The Labute approximate surface area is 107 Å². The fourth-order valence-corrected chi connectivity index (χ4v) is 2.74. The van der Waals surface area contributed by atoms with Crippen molar-refractivity contribution in [3.8, 4) is 11.8 Å². The second kappa shape index (κ2) is 5.74. The molecule has 1 aromatic rings. The minimum Gasteiger partial charge on any atom is -0.497 e. The van der Waals surface area contributed by atoms with Gasteiger partial charge in [-0.3, -0.25) is 4.72 Å². The number of sulfonamides is 1. The minimum atomic E-state index is -3.67. The Morgan fingerprint density at radius 1 is 1.50 bits per heavy atom. The van der Waals surface area contributed by atoms with Crippen LogP contribution in [0.25, 0.3) is 0 Å². The maximum atomic E-state index is 11.9. The van der Waals surface area contributed by atoms with Crippen LogP contribution in [0.4, 0.5) is 5.69 Å². The van der Waals surface area contributed by atoms with E-state index in [1.54, 1.807) is 45.2 Å². The molecule has 0 heterocycles. The molecule has 0 bridgehead atoms. The SMILES string of the molecule is CCC(C#N)S(=O)(=O)Nc1ccc(OC)cc1C. The molecule has 5 nitrogen and oxygen atoms in total. The van der Waals surface area contributed by atoms with Gasteiger partial charge in [0, 0.05) is 0 Å². The first-order valence-electron chi connectivity index (χ1n) is 5.50. The summed E-state index contributed by atoms with van der Waals surface area (Å²) in [4.78, 5) is 0. The maximum Gasteiger partial charge on any atom is 0.249 e. The predicted molar refractivity (Wildman–Crippen MR) is 70.0 cm³/mol. The van der Waals surface area contributed by atoms with Crippen LogP contribution >= 0.6 is 0 Å². The van der Waals surface area contributed by atoms with Gasteiger partial charge in [0.1, 0.15) is 5.75 Å². The van der Waals surface area contributed by atoms with Crippen molar-refractivity contribution >= 4 is 15.7 Å². The van der Waals surface area contributed by atoms with Crippen LogP contribution in [0.2, 0.25) is 0 Å². The largest absolute Gasteiger partial charge is 0.497 e.